The first-order valence-corrected chi connectivity index (χ1v) is 4.47. The SMILES string of the molecule is CN1COCCOCCOCCO1. The lowest BCUT2D eigenvalue weighted by atomic mass is 10.7. The van der Waals surface area contributed by atoms with Crippen LogP contribution >= 0.6 is 0 Å². The lowest BCUT2D eigenvalue weighted by molar-refractivity contribution is -0.204. The topological polar surface area (TPSA) is 40.2 Å². The fourth-order valence-corrected chi connectivity index (χ4v) is 0.922. The Kier molecular flexibility index (Phi) is 6.05. The maximum Gasteiger partial charge on any atom is 0.122 e. The highest BCUT2D eigenvalue weighted by Crippen LogP contribution is 1.90. The fourth-order valence-electron chi connectivity index (χ4n) is 0.922. The van der Waals surface area contributed by atoms with Crippen LogP contribution < -0.4 is 0 Å². The van der Waals surface area contributed by atoms with E-state index in [-0.39, 0.29) is 0 Å². The van der Waals surface area contributed by atoms with Crippen LogP contribution in [0.15, 0.2) is 0 Å². The Labute approximate surface area is 78.5 Å². The average Bonchev–Trinajstić information content (AvgIpc) is 2.11. The molecule has 1 fully saturated rings. The first-order chi connectivity index (χ1) is 6.39. The standard InChI is InChI=1S/C8H17NO4/c1-9-8-12-5-4-10-2-3-11-6-7-13-9/h2-8H2,1H3. The van der Waals surface area contributed by atoms with Gasteiger partial charge in [-0.3, -0.25) is 4.84 Å². The van der Waals surface area contributed by atoms with E-state index in [1.807, 2.05) is 7.05 Å². The lowest BCUT2D eigenvalue weighted by Crippen LogP contribution is -2.26. The van der Waals surface area contributed by atoms with Gasteiger partial charge in [-0.15, -0.1) is 0 Å². The first-order valence-electron chi connectivity index (χ1n) is 4.47. The molecule has 78 valence electrons. The summed E-state index contributed by atoms with van der Waals surface area (Å²) in [5, 5.41) is 1.64. The molecule has 13 heavy (non-hydrogen) atoms. The molecule has 0 amide bonds. The molecule has 0 aromatic rings. The van der Waals surface area contributed by atoms with Gasteiger partial charge in [-0.05, 0) is 0 Å². The van der Waals surface area contributed by atoms with Gasteiger partial charge in [0.25, 0.3) is 0 Å². The average molecular weight is 191 g/mol. The highest BCUT2D eigenvalue weighted by Gasteiger charge is 2.00. The van der Waals surface area contributed by atoms with Crippen molar-refractivity contribution in [3.05, 3.63) is 0 Å². The Morgan fingerprint density at radius 1 is 0.769 bits per heavy atom. The molecule has 1 rings (SSSR count). The second-order valence-corrected chi connectivity index (χ2v) is 2.72. The van der Waals surface area contributed by atoms with Crippen molar-refractivity contribution in [1.82, 2.24) is 5.06 Å². The van der Waals surface area contributed by atoms with Gasteiger partial charge in [-0.2, -0.15) is 5.06 Å². The summed E-state index contributed by atoms with van der Waals surface area (Å²) in [6.45, 7) is 4.05. The normalized spacial score (nSPS) is 24.7. The minimum Gasteiger partial charge on any atom is -0.377 e. The molecule has 0 N–H and O–H groups in total. The second-order valence-electron chi connectivity index (χ2n) is 2.72. The van der Waals surface area contributed by atoms with Crippen molar-refractivity contribution in [2.45, 2.75) is 0 Å². The molecule has 0 aromatic carbocycles. The Bertz CT molecular complexity index is 111. The lowest BCUT2D eigenvalue weighted by Gasteiger charge is -2.17. The van der Waals surface area contributed by atoms with Crippen LogP contribution in [0.4, 0.5) is 0 Å². The first kappa shape index (κ1) is 10.9. The summed E-state index contributed by atoms with van der Waals surface area (Å²) in [5.74, 6) is 0. The molecule has 1 aliphatic heterocycles. The summed E-state index contributed by atoms with van der Waals surface area (Å²) >= 11 is 0. The number of hydrogen-bond acceptors (Lipinski definition) is 5. The summed E-state index contributed by atoms with van der Waals surface area (Å²) in [4.78, 5) is 5.26. The molecule has 1 heterocycles. The molecular formula is C8H17NO4. The Morgan fingerprint density at radius 3 is 2.00 bits per heavy atom. The quantitative estimate of drug-likeness (QED) is 0.533. The maximum absolute atomic E-state index is 5.26. The summed E-state index contributed by atoms with van der Waals surface area (Å²) in [6, 6.07) is 0. The van der Waals surface area contributed by atoms with E-state index < -0.39 is 0 Å². The monoisotopic (exact) mass is 191 g/mol. The summed E-state index contributed by atoms with van der Waals surface area (Å²) < 4.78 is 15.7. The van der Waals surface area contributed by atoms with Gasteiger partial charge >= 0.3 is 0 Å². The molecule has 0 unspecified atom stereocenters. The number of nitrogens with zero attached hydrogens (tertiary/aromatic N) is 1. The number of hydroxylamine groups is 2. The highest BCUT2D eigenvalue weighted by molar-refractivity contribution is 4.35. The van der Waals surface area contributed by atoms with Crippen LogP contribution in [0, 0.1) is 0 Å². The fraction of sp³-hybridized carbons (Fsp3) is 1.00. The number of rotatable bonds is 0. The molecule has 0 aromatic heterocycles. The van der Waals surface area contributed by atoms with Crippen LogP contribution in [0.1, 0.15) is 0 Å². The summed E-state index contributed by atoms with van der Waals surface area (Å²) in [7, 11) is 1.83. The molecule has 0 atom stereocenters. The molecule has 0 saturated carbocycles. The van der Waals surface area contributed by atoms with E-state index >= 15 is 0 Å². The Hall–Kier alpha value is -0.200. The third kappa shape index (κ3) is 5.95. The van der Waals surface area contributed by atoms with Crippen LogP contribution in [0.3, 0.4) is 0 Å². The largest absolute Gasteiger partial charge is 0.377 e. The van der Waals surface area contributed by atoms with Crippen molar-refractivity contribution < 1.29 is 19.0 Å². The molecule has 1 aliphatic rings. The van der Waals surface area contributed by atoms with Gasteiger partial charge in [-0.1, -0.05) is 0 Å². The van der Waals surface area contributed by atoms with E-state index in [4.69, 9.17) is 19.0 Å². The minimum atomic E-state index is 0.462. The van der Waals surface area contributed by atoms with Gasteiger partial charge in [0.05, 0.1) is 39.6 Å². The van der Waals surface area contributed by atoms with Crippen LogP contribution in [0.25, 0.3) is 0 Å². The maximum atomic E-state index is 5.26. The Balaban J connectivity index is 2.11. The van der Waals surface area contributed by atoms with Crippen molar-refractivity contribution in [2.24, 2.45) is 0 Å². The van der Waals surface area contributed by atoms with Crippen LogP contribution in [-0.4, -0.2) is 58.5 Å². The molecule has 0 bridgehead atoms. The van der Waals surface area contributed by atoms with Crippen molar-refractivity contribution in [1.29, 1.82) is 0 Å². The van der Waals surface area contributed by atoms with Gasteiger partial charge in [0.15, 0.2) is 0 Å². The zero-order valence-electron chi connectivity index (χ0n) is 8.03. The third-order valence-corrected chi connectivity index (χ3v) is 1.56. The van der Waals surface area contributed by atoms with Crippen molar-refractivity contribution >= 4 is 0 Å². The van der Waals surface area contributed by atoms with Crippen molar-refractivity contribution in [3.8, 4) is 0 Å². The predicted molar refractivity (Wildman–Crippen MR) is 46.2 cm³/mol. The van der Waals surface area contributed by atoms with Crippen LogP contribution in [0.2, 0.25) is 0 Å². The molecule has 5 nitrogen and oxygen atoms in total. The van der Waals surface area contributed by atoms with E-state index in [0.717, 1.165) is 0 Å². The van der Waals surface area contributed by atoms with Crippen LogP contribution in [-0.2, 0) is 19.0 Å². The number of hydrogen-bond donors (Lipinski definition) is 0. The summed E-state index contributed by atoms with van der Waals surface area (Å²) in [6.07, 6.45) is 0. The highest BCUT2D eigenvalue weighted by atomic mass is 16.7. The van der Waals surface area contributed by atoms with E-state index in [0.29, 0.717) is 46.4 Å². The van der Waals surface area contributed by atoms with Gasteiger partial charge in [0, 0.05) is 7.05 Å². The van der Waals surface area contributed by atoms with Crippen molar-refractivity contribution in [2.75, 3.05) is 53.4 Å². The molecular weight excluding hydrogens is 174 g/mol. The zero-order valence-corrected chi connectivity index (χ0v) is 8.03. The Morgan fingerprint density at radius 2 is 1.31 bits per heavy atom. The third-order valence-electron chi connectivity index (χ3n) is 1.56. The molecule has 0 spiro atoms. The zero-order chi connectivity index (χ0) is 9.36. The number of ether oxygens (including phenoxy) is 3. The molecule has 1 saturated heterocycles. The van der Waals surface area contributed by atoms with E-state index in [1.165, 1.54) is 0 Å². The van der Waals surface area contributed by atoms with Gasteiger partial charge < -0.3 is 14.2 Å². The molecule has 0 aliphatic carbocycles. The van der Waals surface area contributed by atoms with Gasteiger partial charge in [0.2, 0.25) is 0 Å². The van der Waals surface area contributed by atoms with E-state index in [2.05, 4.69) is 0 Å². The van der Waals surface area contributed by atoms with Crippen molar-refractivity contribution in [3.63, 3.8) is 0 Å². The van der Waals surface area contributed by atoms with Crippen LogP contribution in [0.5, 0.6) is 0 Å². The predicted octanol–water partition coefficient (Wildman–Crippen LogP) is -0.129. The van der Waals surface area contributed by atoms with Gasteiger partial charge in [0.1, 0.15) is 6.73 Å². The smallest absolute Gasteiger partial charge is 0.122 e. The van der Waals surface area contributed by atoms with E-state index in [1.54, 1.807) is 5.06 Å². The second kappa shape index (κ2) is 7.23. The molecule has 5 heteroatoms. The van der Waals surface area contributed by atoms with E-state index in [9.17, 15) is 0 Å². The molecule has 0 radical (unpaired) electrons. The minimum absolute atomic E-state index is 0.462. The summed E-state index contributed by atoms with van der Waals surface area (Å²) in [5.41, 5.74) is 0. The van der Waals surface area contributed by atoms with Gasteiger partial charge in [-0.25, -0.2) is 0 Å².